The lowest BCUT2D eigenvalue weighted by atomic mass is 10.1. The van der Waals surface area contributed by atoms with E-state index in [0.29, 0.717) is 0 Å². The molecule has 0 saturated carbocycles. The van der Waals surface area contributed by atoms with Crippen LogP contribution in [0.4, 0.5) is 0 Å². The summed E-state index contributed by atoms with van der Waals surface area (Å²) in [4.78, 5) is 8.58. The lowest BCUT2D eigenvalue weighted by Crippen LogP contribution is -2.39. The Hall–Kier alpha value is -0.0400. The molecule has 0 fully saturated rings. The van der Waals surface area contributed by atoms with Crippen molar-refractivity contribution >= 4 is 29.9 Å². The van der Waals surface area contributed by atoms with E-state index in [9.17, 15) is 0 Å². The van der Waals surface area contributed by atoms with Gasteiger partial charge in [0.25, 0.3) is 0 Å². The zero-order valence-electron chi connectivity index (χ0n) is 11.7. The van der Waals surface area contributed by atoms with Gasteiger partial charge in [-0.05, 0) is 20.8 Å². The Labute approximate surface area is 117 Å². The first-order valence-corrected chi connectivity index (χ1v) is 5.38. The lowest BCUT2D eigenvalue weighted by molar-refractivity contribution is 0.428. The standard InChI is InChI=1S/C11H26N4.HI/c1-11(2,3)13-9-8-12-10(14(4)5)15(6)7;/h13H,8-9H2,1-7H3;1H. The highest BCUT2D eigenvalue weighted by molar-refractivity contribution is 14.0. The van der Waals surface area contributed by atoms with Crippen molar-refractivity contribution in [2.75, 3.05) is 41.3 Å². The topological polar surface area (TPSA) is 30.9 Å². The fourth-order valence-corrected chi connectivity index (χ4v) is 1.27. The van der Waals surface area contributed by atoms with Crippen molar-refractivity contribution < 1.29 is 0 Å². The van der Waals surface area contributed by atoms with E-state index in [2.05, 4.69) is 31.1 Å². The number of halogens is 1. The maximum Gasteiger partial charge on any atom is 0.195 e. The highest BCUT2D eigenvalue weighted by Crippen LogP contribution is 1.97. The fraction of sp³-hybridized carbons (Fsp3) is 0.909. The van der Waals surface area contributed by atoms with Gasteiger partial charge in [-0.25, -0.2) is 0 Å². The Balaban J connectivity index is 0. The van der Waals surface area contributed by atoms with E-state index in [4.69, 9.17) is 0 Å². The summed E-state index contributed by atoms with van der Waals surface area (Å²) in [6, 6.07) is 0. The van der Waals surface area contributed by atoms with Crippen LogP contribution in [-0.2, 0) is 0 Å². The molecule has 5 heteroatoms. The summed E-state index contributed by atoms with van der Waals surface area (Å²) in [5.41, 5.74) is 0.173. The van der Waals surface area contributed by atoms with E-state index in [1.807, 2.05) is 38.0 Å². The molecule has 0 spiro atoms. The molecule has 0 aliphatic heterocycles. The minimum atomic E-state index is 0. The first-order chi connectivity index (χ1) is 6.74. The largest absolute Gasteiger partial charge is 0.349 e. The molecule has 0 saturated heterocycles. The minimum absolute atomic E-state index is 0. The van der Waals surface area contributed by atoms with Crippen LogP contribution in [0.25, 0.3) is 0 Å². The van der Waals surface area contributed by atoms with Crippen LogP contribution in [0.1, 0.15) is 20.8 Å². The molecule has 0 radical (unpaired) electrons. The van der Waals surface area contributed by atoms with Crippen molar-refractivity contribution in [1.29, 1.82) is 0 Å². The van der Waals surface area contributed by atoms with Crippen LogP contribution in [0, 0.1) is 0 Å². The number of guanidine groups is 1. The van der Waals surface area contributed by atoms with Gasteiger partial charge in [0.1, 0.15) is 0 Å². The third-order valence-corrected chi connectivity index (χ3v) is 1.82. The number of nitrogens with one attached hydrogen (secondary N) is 1. The smallest absolute Gasteiger partial charge is 0.195 e. The number of rotatable bonds is 3. The van der Waals surface area contributed by atoms with Crippen LogP contribution in [-0.4, -0.2) is 62.6 Å². The van der Waals surface area contributed by atoms with Crippen molar-refractivity contribution in [3.8, 4) is 0 Å². The molecular formula is C11H27IN4. The molecule has 0 aliphatic rings. The molecule has 1 N–H and O–H groups in total. The number of nitrogens with zero attached hydrogens (tertiary/aromatic N) is 3. The van der Waals surface area contributed by atoms with Gasteiger partial charge in [0.15, 0.2) is 5.96 Å². The summed E-state index contributed by atoms with van der Waals surface area (Å²) in [7, 11) is 8.04. The van der Waals surface area contributed by atoms with Crippen molar-refractivity contribution in [3.63, 3.8) is 0 Å². The summed E-state index contributed by atoms with van der Waals surface area (Å²) in [5.74, 6) is 1.01. The summed E-state index contributed by atoms with van der Waals surface area (Å²) < 4.78 is 0. The van der Waals surface area contributed by atoms with Gasteiger partial charge >= 0.3 is 0 Å². The molecule has 0 heterocycles. The van der Waals surface area contributed by atoms with Crippen molar-refractivity contribution in [3.05, 3.63) is 0 Å². The molecule has 0 aromatic heterocycles. The van der Waals surface area contributed by atoms with E-state index in [1.165, 1.54) is 0 Å². The maximum absolute atomic E-state index is 4.53. The highest BCUT2D eigenvalue weighted by atomic mass is 127. The second kappa shape index (κ2) is 8.11. The molecule has 0 aliphatic carbocycles. The fourth-order valence-electron chi connectivity index (χ4n) is 1.27. The molecule has 0 rings (SSSR count). The molecule has 0 aromatic rings. The van der Waals surface area contributed by atoms with Crippen LogP contribution in [0.2, 0.25) is 0 Å². The molecule has 16 heavy (non-hydrogen) atoms. The van der Waals surface area contributed by atoms with Crippen molar-refractivity contribution in [2.24, 2.45) is 4.99 Å². The second-order valence-corrected chi connectivity index (χ2v) is 5.15. The summed E-state index contributed by atoms with van der Waals surface area (Å²) in [6.45, 7) is 8.21. The quantitative estimate of drug-likeness (QED) is 0.365. The summed E-state index contributed by atoms with van der Waals surface area (Å²) >= 11 is 0. The predicted molar refractivity (Wildman–Crippen MR) is 82.8 cm³/mol. The first kappa shape index (κ1) is 18.3. The SMILES string of the molecule is CN(C)C(=NCCNC(C)(C)C)N(C)C.I. The number of hydrogen-bond acceptors (Lipinski definition) is 2. The van der Waals surface area contributed by atoms with Gasteiger partial charge < -0.3 is 15.1 Å². The lowest BCUT2D eigenvalue weighted by Gasteiger charge is -2.23. The van der Waals surface area contributed by atoms with Crippen LogP contribution in [0.3, 0.4) is 0 Å². The van der Waals surface area contributed by atoms with Gasteiger partial charge in [0.2, 0.25) is 0 Å². The normalized spacial score (nSPS) is 10.4. The zero-order valence-corrected chi connectivity index (χ0v) is 14.0. The van der Waals surface area contributed by atoms with Crippen molar-refractivity contribution in [2.45, 2.75) is 26.3 Å². The van der Waals surface area contributed by atoms with E-state index < -0.39 is 0 Å². The Morgan fingerprint density at radius 3 is 1.81 bits per heavy atom. The van der Waals surface area contributed by atoms with Gasteiger partial charge in [0.05, 0.1) is 6.54 Å². The zero-order chi connectivity index (χ0) is 12.1. The average molecular weight is 342 g/mol. The maximum atomic E-state index is 4.53. The molecule has 0 bridgehead atoms. The van der Waals surface area contributed by atoms with Gasteiger partial charge in [-0.15, -0.1) is 24.0 Å². The highest BCUT2D eigenvalue weighted by Gasteiger charge is 2.07. The van der Waals surface area contributed by atoms with Crippen molar-refractivity contribution in [1.82, 2.24) is 15.1 Å². The predicted octanol–water partition coefficient (Wildman–Crippen LogP) is 1.47. The number of aliphatic imine (C=N–C) groups is 1. The Kier molecular flexibility index (Phi) is 9.29. The third kappa shape index (κ3) is 9.21. The molecule has 4 nitrogen and oxygen atoms in total. The Bertz CT molecular complexity index is 197. The van der Waals surface area contributed by atoms with Gasteiger partial charge in [-0.3, -0.25) is 4.99 Å². The van der Waals surface area contributed by atoms with Gasteiger partial charge in [-0.2, -0.15) is 0 Å². The second-order valence-electron chi connectivity index (χ2n) is 5.15. The molecule has 0 unspecified atom stereocenters. The van der Waals surface area contributed by atoms with Gasteiger partial charge in [-0.1, -0.05) is 0 Å². The third-order valence-electron chi connectivity index (χ3n) is 1.82. The first-order valence-electron chi connectivity index (χ1n) is 5.38. The van der Waals surface area contributed by atoms with E-state index in [-0.39, 0.29) is 29.5 Å². The van der Waals surface area contributed by atoms with E-state index >= 15 is 0 Å². The van der Waals surface area contributed by atoms with Crippen LogP contribution in [0.5, 0.6) is 0 Å². The van der Waals surface area contributed by atoms with Crippen LogP contribution < -0.4 is 5.32 Å². The monoisotopic (exact) mass is 342 g/mol. The summed E-state index contributed by atoms with van der Waals surface area (Å²) in [5, 5.41) is 3.41. The average Bonchev–Trinajstić information content (AvgIpc) is 2.00. The van der Waals surface area contributed by atoms with Crippen LogP contribution >= 0.6 is 24.0 Å². The number of hydrogen-bond donors (Lipinski definition) is 1. The molecular weight excluding hydrogens is 315 g/mol. The summed E-state index contributed by atoms with van der Waals surface area (Å²) in [6.07, 6.45) is 0. The van der Waals surface area contributed by atoms with Crippen LogP contribution in [0.15, 0.2) is 4.99 Å². The Morgan fingerprint density at radius 2 is 1.50 bits per heavy atom. The molecule has 98 valence electrons. The van der Waals surface area contributed by atoms with E-state index in [0.717, 1.165) is 19.0 Å². The minimum Gasteiger partial charge on any atom is -0.349 e. The van der Waals surface area contributed by atoms with E-state index in [1.54, 1.807) is 0 Å². The van der Waals surface area contributed by atoms with Gasteiger partial charge in [0, 0.05) is 40.3 Å². The molecule has 0 amide bonds. The Morgan fingerprint density at radius 1 is 1.06 bits per heavy atom. The molecule has 0 atom stereocenters. The molecule has 0 aromatic carbocycles.